The molecule has 0 radical (unpaired) electrons. The Labute approximate surface area is 141 Å². The van der Waals surface area contributed by atoms with Crippen LogP contribution in [0.4, 0.5) is 4.39 Å². The van der Waals surface area contributed by atoms with E-state index in [1.54, 1.807) is 23.0 Å². The summed E-state index contributed by atoms with van der Waals surface area (Å²) in [6.07, 6.45) is 4.19. The summed E-state index contributed by atoms with van der Waals surface area (Å²) in [4.78, 5) is 14.6. The Hall–Kier alpha value is -2.21. The maximum Gasteiger partial charge on any atom is 0.228 e. The highest BCUT2D eigenvalue weighted by Gasteiger charge is 2.30. The topological polar surface area (TPSA) is 64.2 Å². The minimum absolute atomic E-state index is 0.0707. The molecule has 0 saturated carbocycles. The molecule has 3 rings (SSSR count). The first kappa shape index (κ1) is 16.6. The summed E-state index contributed by atoms with van der Waals surface area (Å²) < 4.78 is 14.7. The van der Waals surface area contributed by atoms with E-state index in [9.17, 15) is 9.18 Å². The predicted octanol–water partition coefficient (Wildman–Crippen LogP) is 2.14. The second-order valence-corrected chi connectivity index (χ2v) is 6.41. The van der Waals surface area contributed by atoms with Crippen molar-refractivity contribution in [3.63, 3.8) is 0 Å². The molecule has 1 aliphatic rings. The highest BCUT2D eigenvalue weighted by Crippen LogP contribution is 2.23. The number of likely N-dealkylation sites (tertiary alicyclic amines) is 1. The lowest BCUT2D eigenvalue weighted by Gasteiger charge is -2.39. The van der Waals surface area contributed by atoms with E-state index < -0.39 is 0 Å². The van der Waals surface area contributed by atoms with Gasteiger partial charge in [-0.2, -0.15) is 5.10 Å². The molecule has 2 heterocycles. The lowest BCUT2D eigenvalue weighted by Crippen LogP contribution is -2.51. The van der Waals surface area contributed by atoms with E-state index in [4.69, 9.17) is 5.73 Å². The fourth-order valence-corrected chi connectivity index (χ4v) is 3.37. The van der Waals surface area contributed by atoms with Gasteiger partial charge in [0.15, 0.2) is 0 Å². The number of carbonyl (C=O) groups is 1. The van der Waals surface area contributed by atoms with Crippen molar-refractivity contribution in [2.45, 2.75) is 32.2 Å². The monoisotopic (exact) mass is 330 g/mol. The van der Waals surface area contributed by atoms with Crippen molar-refractivity contribution in [2.24, 2.45) is 11.7 Å². The number of hydrogen-bond acceptors (Lipinski definition) is 3. The minimum atomic E-state index is -0.284. The molecule has 1 aromatic carbocycles. The molecule has 0 unspecified atom stereocenters. The summed E-state index contributed by atoms with van der Waals surface area (Å²) in [6, 6.07) is 8.04. The molecule has 6 heteroatoms. The fourth-order valence-electron chi connectivity index (χ4n) is 3.37. The van der Waals surface area contributed by atoms with Crippen molar-refractivity contribution in [1.29, 1.82) is 0 Å². The fraction of sp³-hybridized carbons (Fsp3) is 0.444. The molecular formula is C18H23FN4O. The molecule has 2 atom stereocenters. The number of aromatic nitrogens is 2. The molecule has 2 N–H and O–H groups in total. The van der Waals surface area contributed by atoms with Crippen LogP contribution in [-0.2, 0) is 11.2 Å². The van der Waals surface area contributed by atoms with Crippen LogP contribution in [-0.4, -0.2) is 39.7 Å². The maximum atomic E-state index is 13.0. The minimum Gasteiger partial charge on any atom is -0.338 e. The van der Waals surface area contributed by atoms with Crippen LogP contribution in [0, 0.1) is 11.7 Å². The van der Waals surface area contributed by atoms with Crippen LogP contribution >= 0.6 is 0 Å². The summed E-state index contributed by atoms with van der Waals surface area (Å²) in [5.41, 5.74) is 7.34. The standard InChI is InChI=1S/C18H23FN4O/c1-13-3-2-9-22(17(13)12-20)18(24)11-15-8-10-23(21-15)16-6-4-14(19)5-7-16/h4-8,10,13,17H,2-3,9,11-12,20H2,1H3/t13-,17+/m0/s1. The van der Waals surface area contributed by atoms with Gasteiger partial charge in [-0.15, -0.1) is 0 Å². The second-order valence-electron chi connectivity index (χ2n) is 6.41. The van der Waals surface area contributed by atoms with Crippen LogP contribution in [0.15, 0.2) is 36.5 Å². The van der Waals surface area contributed by atoms with Gasteiger partial charge in [0.25, 0.3) is 0 Å². The highest BCUT2D eigenvalue weighted by atomic mass is 19.1. The molecule has 2 aromatic rings. The molecule has 1 aliphatic heterocycles. The van der Waals surface area contributed by atoms with Gasteiger partial charge in [0.05, 0.1) is 17.8 Å². The summed E-state index contributed by atoms with van der Waals surface area (Å²) in [5, 5.41) is 4.43. The van der Waals surface area contributed by atoms with Crippen LogP contribution in [0.2, 0.25) is 0 Å². The maximum absolute atomic E-state index is 13.0. The smallest absolute Gasteiger partial charge is 0.228 e. The summed E-state index contributed by atoms with van der Waals surface area (Å²) in [6.45, 7) is 3.42. The van der Waals surface area contributed by atoms with Crippen molar-refractivity contribution in [3.05, 3.63) is 48.0 Å². The number of benzene rings is 1. The quantitative estimate of drug-likeness (QED) is 0.934. The number of rotatable bonds is 4. The third-order valence-corrected chi connectivity index (χ3v) is 4.75. The van der Waals surface area contributed by atoms with Crippen LogP contribution in [0.25, 0.3) is 5.69 Å². The van der Waals surface area contributed by atoms with E-state index in [0.717, 1.165) is 25.1 Å². The van der Waals surface area contributed by atoms with Gasteiger partial charge in [0.2, 0.25) is 5.91 Å². The Morgan fingerprint density at radius 3 is 2.79 bits per heavy atom. The van der Waals surface area contributed by atoms with Gasteiger partial charge in [0.1, 0.15) is 5.82 Å². The Balaban J connectivity index is 1.70. The normalized spacial score (nSPS) is 21.0. The van der Waals surface area contributed by atoms with E-state index in [1.165, 1.54) is 12.1 Å². The number of nitrogens with zero attached hydrogens (tertiary/aromatic N) is 3. The van der Waals surface area contributed by atoms with E-state index in [2.05, 4.69) is 12.0 Å². The van der Waals surface area contributed by atoms with Crippen LogP contribution < -0.4 is 5.73 Å². The van der Waals surface area contributed by atoms with Crippen LogP contribution in [0.3, 0.4) is 0 Å². The van der Waals surface area contributed by atoms with Gasteiger partial charge in [-0.25, -0.2) is 9.07 Å². The first-order chi connectivity index (χ1) is 11.6. The van der Waals surface area contributed by atoms with Crippen molar-refractivity contribution >= 4 is 5.91 Å². The van der Waals surface area contributed by atoms with E-state index >= 15 is 0 Å². The molecule has 24 heavy (non-hydrogen) atoms. The Morgan fingerprint density at radius 1 is 1.33 bits per heavy atom. The zero-order valence-corrected chi connectivity index (χ0v) is 13.9. The lowest BCUT2D eigenvalue weighted by molar-refractivity contribution is -0.135. The average molecular weight is 330 g/mol. The molecule has 0 aliphatic carbocycles. The average Bonchev–Trinajstić information content (AvgIpc) is 3.03. The number of carbonyl (C=O) groups excluding carboxylic acids is 1. The first-order valence-electron chi connectivity index (χ1n) is 8.38. The molecule has 0 bridgehead atoms. The zero-order valence-electron chi connectivity index (χ0n) is 13.9. The van der Waals surface area contributed by atoms with Crippen molar-refractivity contribution in [1.82, 2.24) is 14.7 Å². The number of piperidine rings is 1. The number of halogens is 1. The van der Waals surface area contributed by atoms with E-state index in [1.807, 2.05) is 11.0 Å². The third-order valence-electron chi connectivity index (χ3n) is 4.75. The van der Waals surface area contributed by atoms with Gasteiger partial charge < -0.3 is 10.6 Å². The molecule has 1 saturated heterocycles. The number of amides is 1. The predicted molar refractivity (Wildman–Crippen MR) is 90.2 cm³/mol. The first-order valence-corrected chi connectivity index (χ1v) is 8.38. The Morgan fingerprint density at radius 2 is 2.08 bits per heavy atom. The lowest BCUT2D eigenvalue weighted by atomic mass is 9.90. The summed E-state index contributed by atoms with van der Waals surface area (Å²) in [7, 11) is 0. The SMILES string of the molecule is C[C@H]1CCCN(C(=O)Cc2ccn(-c3ccc(F)cc3)n2)[C@@H]1CN. The van der Waals surface area contributed by atoms with Gasteiger partial charge in [0, 0.05) is 25.3 Å². The molecular weight excluding hydrogens is 307 g/mol. The molecule has 5 nitrogen and oxygen atoms in total. The van der Waals surface area contributed by atoms with Crippen molar-refractivity contribution in [2.75, 3.05) is 13.1 Å². The van der Waals surface area contributed by atoms with Crippen LogP contribution in [0.1, 0.15) is 25.5 Å². The van der Waals surface area contributed by atoms with Gasteiger partial charge in [-0.1, -0.05) is 6.92 Å². The molecule has 128 valence electrons. The molecule has 1 amide bonds. The molecule has 1 fully saturated rings. The molecule has 0 spiro atoms. The Bertz CT molecular complexity index is 697. The Kier molecular flexibility index (Phi) is 4.94. The zero-order chi connectivity index (χ0) is 17.1. The van der Waals surface area contributed by atoms with Crippen molar-refractivity contribution < 1.29 is 9.18 Å². The largest absolute Gasteiger partial charge is 0.338 e. The molecule has 1 aromatic heterocycles. The van der Waals surface area contributed by atoms with Gasteiger partial charge in [-0.3, -0.25) is 4.79 Å². The summed E-state index contributed by atoms with van der Waals surface area (Å²) in [5.74, 6) is 0.221. The second kappa shape index (κ2) is 7.13. The highest BCUT2D eigenvalue weighted by molar-refractivity contribution is 5.78. The number of nitrogens with two attached hydrogens (primary N) is 1. The third kappa shape index (κ3) is 3.48. The van der Waals surface area contributed by atoms with Gasteiger partial charge >= 0.3 is 0 Å². The van der Waals surface area contributed by atoms with Crippen molar-refractivity contribution in [3.8, 4) is 5.69 Å². The number of hydrogen-bond donors (Lipinski definition) is 1. The van der Waals surface area contributed by atoms with Crippen LogP contribution in [0.5, 0.6) is 0 Å². The summed E-state index contributed by atoms with van der Waals surface area (Å²) >= 11 is 0. The van der Waals surface area contributed by atoms with E-state index in [-0.39, 0.29) is 24.2 Å². The van der Waals surface area contributed by atoms with Gasteiger partial charge in [-0.05, 0) is 49.1 Å². The van der Waals surface area contributed by atoms with E-state index in [0.29, 0.717) is 18.2 Å².